The maximum atomic E-state index is 12.0. The van der Waals surface area contributed by atoms with E-state index in [1.165, 1.54) is 18.2 Å². The summed E-state index contributed by atoms with van der Waals surface area (Å²) in [6.07, 6.45) is 0. The molecule has 1 aliphatic rings. The number of phenols is 1. The number of fused-ring (bicyclic) bond motifs is 1. The maximum Gasteiger partial charge on any atom is 0.324 e. The predicted octanol–water partition coefficient (Wildman–Crippen LogP) is 1.64. The predicted molar refractivity (Wildman–Crippen MR) is 88.8 cm³/mol. The van der Waals surface area contributed by atoms with Crippen molar-refractivity contribution >= 4 is 39.0 Å². The van der Waals surface area contributed by atoms with E-state index in [2.05, 4.69) is 0 Å². The number of rotatable bonds is 3. The number of hydrogen-bond acceptors (Lipinski definition) is 6. The molecule has 0 saturated heterocycles. The highest BCUT2D eigenvalue weighted by Gasteiger charge is 2.30. The molecule has 0 bridgehead atoms. The Balaban J connectivity index is 2.26. The van der Waals surface area contributed by atoms with Gasteiger partial charge in [0.2, 0.25) is 16.8 Å². The van der Waals surface area contributed by atoms with Gasteiger partial charge in [0.15, 0.2) is 17.2 Å². The van der Waals surface area contributed by atoms with Crippen molar-refractivity contribution in [3.8, 4) is 17.2 Å². The van der Waals surface area contributed by atoms with Crippen molar-refractivity contribution in [3.63, 3.8) is 0 Å². The SMILES string of the molecule is NC(=O)N(c1ccc(Cl)c(S(N)(=O)=O)c1O)c1cccc2c1OCO2. The number of phenolic OH excluding ortho intramolecular Hbond substituents is 1. The molecule has 0 radical (unpaired) electrons. The summed E-state index contributed by atoms with van der Waals surface area (Å²) < 4.78 is 33.9. The van der Waals surface area contributed by atoms with E-state index in [-0.39, 0.29) is 28.9 Å². The number of carbonyl (C=O) groups is 1. The number of primary amides is 1. The largest absolute Gasteiger partial charge is 0.504 e. The molecule has 1 aliphatic heterocycles. The van der Waals surface area contributed by atoms with Crippen molar-refractivity contribution in [3.05, 3.63) is 35.4 Å². The Bertz CT molecular complexity index is 979. The Morgan fingerprint density at radius 3 is 2.56 bits per heavy atom. The molecule has 1 heterocycles. The van der Waals surface area contributed by atoms with Crippen LogP contribution in [0.5, 0.6) is 17.2 Å². The highest BCUT2D eigenvalue weighted by atomic mass is 35.5. The molecular weight excluding hydrogens is 374 g/mol. The Labute approximate surface area is 147 Å². The number of urea groups is 1. The van der Waals surface area contributed by atoms with Crippen LogP contribution in [0.15, 0.2) is 35.2 Å². The van der Waals surface area contributed by atoms with Gasteiger partial charge >= 0.3 is 6.03 Å². The Morgan fingerprint density at radius 2 is 1.92 bits per heavy atom. The molecule has 0 saturated carbocycles. The molecule has 2 amide bonds. The summed E-state index contributed by atoms with van der Waals surface area (Å²) in [7, 11) is -4.36. The summed E-state index contributed by atoms with van der Waals surface area (Å²) in [6.45, 7) is -0.0615. The fourth-order valence-electron chi connectivity index (χ4n) is 2.45. The van der Waals surface area contributed by atoms with E-state index in [9.17, 15) is 18.3 Å². The number of hydrogen-bond donors (Lipinski definition) is 3. The highest BCUT2D eigenvalue weighted by Crippen LogP contribution is 2.47. The van der Waals surface area contributed by atoms with E-state index >= 15 is 0 Å². The van der Waals surface area contributed by atoms with Crippen LogP contribution >= 0.6 is 11.6 Å². The lowest BCUT2D eigenvalue weighted by atomic mass is 10.2. The zero-order chi connectivity index (χ0) is 18.4. The molecule has 0 unspecified atom stereocenters. The molecule has 132 valence electrons. The van der Waals surface area contributed by atoms with E-state index in [1.54, 1.807) is 12.1 Å². The lowest BCUT2D eigenvalue weighted by Crippen LogP contribution is -2.32. The number of ether oxygens (including phenoxy) is 2. The van der Waals surface area contributed by atoms with Crippen LogP contribution in [-0.2, 0) is 10.0 Å². The third-order valence-corrected chi connectivity index (χ3v) is 4.83. The second kappa shape index (κ2) is 5.99. The van der Waals surface area contributed by atoms with Gasteiger partial charge in [0, 0.05) is 0 Å². The zero-order valence-corrected chi connectivity index (χ0v) is 14.0. The molecular formula is C14H12ClN3O6S. The van der Waals surface area contributed by atoms with Crippen LogP contribution in [0.25, 0.3) is 0 Å². The number of halogens is 1. The first-order valence-corrected chi connectivity index (χ1v) is 8.66. The van der Waals surface area contributed by atoms with Crippen molar-refractivity contribution < 1.29 is 27.8 Å². The number of para-hydroxylation sites is 1. The molecule has 9 nitrogen and oxygen atoms in total. The van der Waals surface area contributed by atoms with E-state index < -0.39 is 26.7 Å². The van der Waals surface area contributed by atoms with E-state index in [4.69, 9.17) is 31.9 Å². The van der Waals surface area contributed by atoms with Crippen molar-refractivity contribution in [1.29, 1.82) is 0 Å². The van der Waals surface area contributed by atoms with Gasteiger partial charge in [0.05, 0.1) is 16.4 Å². The number of nitrogens with zero attached hydrogens (tertiary/aromatic N) is 1. The topological polar surface area (TPSA) is 145 Å². The zero-order valence-electron chi connectivity index (χ0n) is 12.5. The Morgan fingerprint density at radius 1 is 1.20 bits per heavy atom. The lowest BCUT2D eigenvalue weighted by Gasteiger charge is -2.23. The minimum atomic E-state index is -4.36. The monoisotopic (exact) mass is 385 g/mol. The average Bonchev–Trinajstić information content (AvgIpc) is 2.97. The number of aromatic hydroxyl groups is 1. The van der Waals surface area contributed by atoms with Gasteiger partial charge in [-0.1, -0.05) is 17.7 Å². The van der Waals surface area contributed by atoms with Gasteiger partial charge in [-0.25, -0.2) is 18.4 Å². The summed E-state index contributed by atoms with van der Waals surface area (Å²) in [4.78, 5) is 12.2. The number of nitrogens with two attached hydrogens (primary N) is 2. The number of amides is 2. The first-order chi connectivity index (χ1) is 11.7. The molecule has 3 rings (SSSR count). The highest BCUT2D eigenvalue weighted by molar-refractivity contribution is 7.89. The van der Waals surface area contributed by atoms with Gasteiger partial charge < -0.3 is 20.3 Å². The summed E-state index contributed by atoms with van der Waals surface area (Å²) in [5.41, 5.74) is 5.35. The standard InChI is InChI=1S/C14H12ClN3O6S/c15-7-4-5-8(11(19)13(7)25(17,21)22)18(14(16)20)9-2-1-3-10-12(9)24-6-23-10/h1-5,19H,6H2,(H2,16,20)(H2,17,21,22). The summed E-state index contributed by atoms with van der Waals surface area (Å²) in [5, 5.41) is 15.2. The molecule has 0 atom stereocenters. The molecule has 11 heteroatoms. The van der Waals surface area contributed by atoms with Crippen molar-refractivity contribution in [2.24, 2.45) is 10.9 Å². The van der Waals surface area contributed by atoms with Gasteiger partial charge in [-0.15, -0.1) is 0 Å². The molecule has 2 aromatic carbocycles. The normalized spacial score (nSPS) is 12.9. The second-order valence-electron chi connectivity index (χ2n) is 4.97. The molecule has 25 heavy (non-hydrogen) atoms. The average molecular weight is 386 g/mol. The lowest BCUT2D eigenvalue weighted by molar-refractivity contribution is 0.174. The van der Waals surface area contributed by atoms with E-state index in [0.29, 0.717) is 5.75 Å². The Hall–Kier alpha value is -2.69. The van der Waals surface area contributed by atoms with Crippen molar-refractivity contribution in [2.45, 2.75) is 4.90 Å². The Kier molecular flexibility index (Phi) is 4.11. The summed E-state index contributed by atoms with van der Waals surface area (Å²) in [5.74, 6) is -0.234. The number of carbonyl (C=O) groups excluding carboxylic acids is 1. The number of sulfonamides is 1. The summed E-state index contributed by atoms with van der Waals surface area (Å²) >= 11 is 5.81. The number of primary sulfonamides is 1. The number of anilines is 2. The quantitative estimate of drug-likeness (QED) is 0.732. The smallest absolute Gasteiger partial charge is 0.324 e. The van der Waals surface area contributed by atoms with Crippen molar-refractivity contribution in [1.82, 2.24) is 0 Å². The first-order valence-electron chi connectivity index (χ1n) is 6.74. The number of benzene rings is 2. The molecule has 0 aromatic heterocycles. The molecule has 0 fully saturated rings. The molecule has 0 aliphatic carbocycles. The van der Waals surface area contributed by atoms with E-state index in [0.717, 1.165) is 4.90 Å². The summed E-state index contributed by atoms with van der Waals surface area (Å²) in [6, 6.07) is 6.08. The third-order valence-electron chi connectivity index (χ3n) is 3.42. The first kappa shape index (κ1) is 17.1. The molecule has 2 aromatic rings. The van der Waals surface area contributed by atoms with Gasteiger partial charge in [0.1, 0.15) is 4.90 Å². The second-order valence-corrected chi connectivity index (χ2v) is 6.88. The minimum absolute atomic E-state index is 0.0615. The van der Waals surface area contributed by atoms with Crippen molar-refractivity contribution in [2.75, 3.05) is 11.7 Å². The van der Waals surface area contributed by atoms with Crippen LogP contribution < -0.4 is 25.2 Å². The van der Waals surface area contributed by atoms with Crippen LogP contribution in [0.1, 0.15) is 0 Å². The minimum Gasteiger partial charge on any atom is -0.504 e. The van der Waals surface area contributed by atoms with Gasteiger partial charge in [-0.3, -0.25) is 4.90 Å². The van der Waals surface area contributed by atoms with Crippen LogP contribution in [-0.4, -0.2) is 26.3 Å². The van der Waals surface area contributed by atoms with E-state index in [1.807, 2.05) is 0 Å². The maximum absolute atomic E-state index is 12.0. The van der Waals surface area contributed by atoms with Crippen LogP contribution in [0.3, 0.4) is 0 Å². The molecule has 0 spiro atoms. The van der Waals surface area contributed by atoms with Gasteiger partial charge in [0.25, 0.3) is 0 Å². The fourth-order valence-corrected chi connectivity index (χ4v) is 3.63. The van der Waals surface area contributed by atoms with Gasteiger partial charge in [-0.2, -0.15) is 0 Å². The van der Waals surface area contributed by atoms with Crippen LogP contribution in [0.2, 0.25) is 5.02 Å². The fraction of sp³-hybridized carbons (Fsp3) is 0.0714. The third kappa shape index (κ3) is 2.90. The van der Waals surface area contributed by atoms with Crippen LogP contribution in [0, 0.1) is 0 Å². The van der Waals surface area contributed by atoms with Crippen LogP contribution in [0.4, 0.5) is 16.2 Å². The molecule has 5 N–H and O–H groups in total. The van der Waals surface area contributed by atoms with Gasteiger partial charge in [-0.05, 0) is 24.3 Å².